The number of hydrogen-bond acceptors (Lipinski definition) is 2. The molecule has 0 bridgehead atoms. The van der Waals surface area contributed by atoms with Gasteiger partial charge in [0.2, 0.25) is 5.91 Å². The molecule has 2 aliphatic rings. The molecule has 1 saturated heterocycles. The lowest BCUT2D eigenvalue weighted by Crippen LogP contribution is -2.53. The van der Waals surface area contributed by atoms with Gasteiger partial charge in [-0.25, -0.2) is 0 Å². The number of carbonyl (C=O) groups excluding carboxylic acids is 1. The van der Waals surface area contributed by atoms with Crippen LogP contribution >= 0.6 is 0 Å². The van der Waals surface area contributed by atoms with Crippen molar-refractivity contribution in [3.63, 3.8) is 0 Å². The fourth-order valence-corrected chi connectivity index (χ4v) is 2.56. The second kappa shape index (κ2) is 3.59. The highest BCUT2D eigenvalue weighted by Gasteiger charge is 2.36. The molecule has 1 aromatic rings. The lowest BCUT2D eigenvalue weighted by molar-refractivity contribution is -0.124. The summed E-state index contributed by atoms with van der Waals surface area (Å²) in [7, 11) is 0. The highest BCUT2D eigenvalue weighted by atomic mass is 16.2. The number of amides is 1. The van der Waals surface area contributed by atoms with E-state index in [0.717, 1.165) is 25.2 Å². The second-order valence-corrected chi connectivity index (χ2v) is 4.75. The average Bonchev–Trinajstić information content (AvgIpc) is 2.50. The molecule has 0 spiro atoms. The Morgan fingerprint density at radius 1 is 1.38 bits per heavy atom. The highest BCUT2D eigenvalue weighted by Crippen LogP contribution is 2.33. The van der Waals surface area contributed by atoms with Gasteiger partial charge in [0.1, 0.15) is 0 Å². The number of anilines is 1. The van der Waals surface area contributed by atoms with Gasteiger partial charge in [0.15, 0.2) is 0 Å². The Hall–Kier alpha value is -1.35. The molecule has 84 valence electrons. The van der Waals surface area contributed by atoms with E-state index >= 15 is 0 Å². The molecule has 1 atom stereocenters. The van der Waals surface area contributed by atoms with Gasteiger partial charge >= 0.3 is 0 Å². The molecule has 0 aromatic heterocycles. The quantitative estimate of drug-likeness (QED) is 0.764. The largest absolute Gasteiger partial charge is 0.315 e. The first-order valence-corrected chi connectivity index (χ1v) is 5.89. The number of hydrogen-bond donors (Lipinski definition) is 1. The molecular formula is C13H16N2O. The molecular weight excluding hydrogens is 200 g/mol. The maximum Gasteiger partial charge on any atom is 0.232 e. The molecule has 3 heteroatoms. The summed E-state index contributed by atoms with van der Waals surface area (Å²) >= 11 is 0. The normalized spacial score (nSPS) is 24.1. The Morgan fingerprint density at radius 3 is 2.81 bits per heavy atom. The standard InChI is InChI=1S/C13H16N2O/c1-9-6-10-4-2-3-5-12(10)15(9)13(16)11-7-14-8-11/h2-5,9,11,14H,6-8H2,1H3. The maximum atomic E-state index is 12.3. The van der Waals surface area contributed by atoms with Crippen LogP contribution < -0.4 is 10.2 Å². The molecule has 1 N–H and O–H groups in total. The van der Waals surface area contributed by atoms with Gasteiger partial charge in [0.25, 0.3) is 0 Å². The summed E-state index contributed by atoms with van der Waals surface area (Å²) in [5, 5.41) is 3.16. The predicted molar refractivity (Wildman–Crippen MR) is 63.5 cm³/mol. The van der Waals surface area contributed by atoms with Gasteiger partial charge in [-0.1, -0.05) is 18.2 Å². The Morgan fingerprint density at radius 2 is 2.12 bits per heavy atom. The molecule has 2 aliphatic heterocycles. The molecule has 1 fully saturated rings. The van der Waals surface area contributed by atoms with Crippen LogP contribution in [0.25, 0.3) is 0 Å². The molecule has 1 unspecified atom stereocenters. The van der Waals surface area contributed by atoms with Crippen LogP contribution in [0.1, 0.15) is 12.5 Å². The fraction of sp³-hybridized carbons (Fsp3) is 0.462. The molecule has 2 heterocycles. The van der Waals surface area contributed by atoms with Crippen molar-refractivity contribution in [2.45, 2.75) is 19.4 Å². The number of para-hydroxylation sites is 1. The van der Waals surface area contributed by atoms with Crippen LogP contribution in [0.2, 0.25) is 0 Å². The number of rotatable bonds is 1. The zero-order valence-corrected chi connectivity index (χ0v) is 9.44. The van der Waals surface area contributed by atoms with Gasteiger partial charge in [-0.2, -0.15) is 0 Å². The van der Waals surface area contributed by atoms with E-state index in [-0.39, 0.29) is 11.8 Å². The third kappa shape index (κ3) is 1.35. The van der Waals surface area contributed by atoms with Crippen molar-refractivity contribution in [1.29, 1.82) is 0 Å². The number of nitrogens with one attached hydrogen (secondary N) is 1. The van der Waals surface area contributed by atoms with E-state index < -0.39 is 0 Å². The molecule has 0 aliphatic carbocycles. The minimum absolute atomic E-state index is 0.189. The summed E-state index contributed by atoms with van der Waals surface area (Å²) in [5.41, 5.74) is 2.42. The summed E-state index contributed by atoms with van der Waals surface area (Å²) < 4.78 is 0. The van der Waals surface area contributed by atoms with Gasteiger partial charge < -0.3 is 10.2 Å². The van der Waals surface area contributed by atoms with E-state index in [2.05, 4.69) is 24.4 Å². The van der Waals surface area contributed by atoms with Crippen LogP contribution in [0, 0.1) is 5.92 Å². The first-order chi connectivity index (χ1) is 7.77. The highest BCUT2D eigenvalue weighted by molar-refractivity contribution is 5.98. The number of benzene rings is 1. The Bertz CT molecular complexity index is 426. The molecule has 0 saturated carbocycles. The van der Waals surface area contributed by atoms with Crippen molar-refractivity contribution >= 4 is 11.6 Å². The van der Waals surface area contributed by atoms with Crippen LogP contribution in [0.4, 0.5) is 5.69 Å². The van der Waals surface area contributed by atoms with E-state index in [4.69, 9.17) is 0 Å². The second-order valence-electron chi connectivity index (χ2n) is 4.75. The third-order valence-electron chi connectivity index (χ3n) is 3.58. The van der Waals surface area contributed by atoms with E-state index in [1.807, 2.05) is 17.0 Å². The van der Waals surface area contributed by atoms with Gasteiger partial charge in [-0.3, -0.25) is 4.79 Å². The molecule has 16 heavy (non-hydrogen) atoms. The van der Waals surface area contributed by atoms with E-state index in [1.165, 1.54) is 5.56 Å². The van der Waals surface area contributed by atoms with E-state index in [0.29, 0.717) is 6.04 Å². The minimum Gasteiger partial charge on any atom is -0.315 e. The molecule has 1 amide bonds. The molecule has 3 rings (SSSR count). The van der Waals surface area contributed by atoms with Crippen LogP contribution in [0.5, 0.6) is 0 Å². The number of fused-ring (bicyclic) bond motifs is 1. The third-order valence-corrected chi connectivity index (χ3v) is 3.58. The average molecular weight is 216 g/mol. The van der Waals surface area contributed by atoms with Gasteiger partial charge in [-0.15, -0.1) is 0 Å². The van der Waals surface area contributed by atoms with Crippen LogP contribution in [-0.4, -0.2) is 25.0 Å². The van der Waals surface area contributed by atoms with Crippen molar-refractivity contribution in [2.24, 2.45) is 5.92 Å². The van der Waals surface area contributed by atoms with Crippen molar-refractivity contribution in [2.75, 3.05) is 18.0 Å². The Labute approximate surface area is 95.4 Å². The monoisotopic (exact) mass is 216 g/mol. The van der Waals surface area contributed by atoms with E-state index in [9.17, 15) is 4.79 Å². The summed E-state index contributed by atoms with van der Waals surface area (Å²) in [5.74, 6) is 0.477. The first-order valence-electron chi connectivity index (χ1n) is 5.89. The number of carbonyl (C=O) groups is 1. The SMILES string of the molecule is CC1Cc2ccccc2N1C(=O)C1CNC1. The zero-order valence-electron chi connectivity index (χ0n) is 9.44. The topological polar surface area (TPSA) is 32.3 Å². The minimum atomic E-state index is 0.189. The van der Waals surface area contributed by atoms with Crippen LogP contribution in [-0.2, 0) is 11.2 Å². The van der Waals surface area contributed by atoms with Gasteiger partial charge in [-0.05, 0) is 25.0 Å². The van der Waals surface area contributed by atoms with Gasteiger partial charge in [0.05, 0.1) is 5.92 Å². The smallest absolute Gasteiger partial charge is 0.232 e. The molecule has 1 aromatic carbocycles. The summed E-state index contributed by atoms with van der Waals surface area (Å²) in [6.45, 7) is 3.80. The molecule has 3 nitrogen and oxygen atoms in total. The van der Waals surface area contributed by atoms with Crippen molar-refractivity contribution < 1.29 is 4.79 Å². The summed E-state index contributed by atoms with van der Waals surface area (Å²) in [4.78, 5) is 14.3. The van der Waals surface area contributed by atoms with Crippen molar-refractivity contribution in [1.82, 2.24) is 5.32 Å². The fourth-order valence-electron chi connectivity index (χ4n) is 2.56. The summed E-state index contributed by atoms with van der Waals surface area (Å²) in [6.07, 6.45) is 0.988. The van der Waals surface area contributed by atoms with Crippen molar-refractivity contribution in [3.05, 3.63) is 29.8 Å². The predicted octanol–water partition coefficient (Wildman–Crippen LogP) is 1.18. The Balaban J connectivity index is 1.92. The van der Waals surface area contributed by atoms with Gasteiger partial charge in [0, 0.05) is 24.8 Å². The maximum absolute atomic E-state index is 12.3. The zero-order chi connectivity index (χ0) is 11.1. The Kier molecular flexibility index (Phi) is 2.21. The summed E-state index contributed by atoms with van der Waals surface area (Å²) in [6, 6.07) is 8.55. The molecule has 0 radical (unpaired) electrons. The lowest BCUT2D eigenvalue weighted by Gasteiger charge is -2.32. The lowest BCUT2D eigenvalue weighted by atomic mass is 10.0. The number of nitrogens with zero attached hydrogens (tertiary/aromatic N) is 1. The van der Waals surface area contributed by atoms with E-state index in [1.54, 1.807) is 0 Å². The van der Waals surface area contributed by atoms with Crippen LogP contribution in [0.3, 0.4) is 0 Å². The first kappa shape index (κ1) is 9.85. The van der Waals surface area contributed by atoms with Crippen LogP contribution in [0.15, 0.2) is 24.3 Å². The van der Waals surface area contributed by atoms with Crippen molar-refractivity contribution in [3.8, 4) is 0 Å².